The molecule has 21 heavy (non-hydrogen) atoms. The molecule has 1 aliphatic rings. The molecule has 0 radical (unpaired) electrons. The molecular formula is C14H21BrN4O2. The van der Waals surface area contributed by atoms with E-state index in [1.807, 2.05) is 25.5 Å². The molecular weight excluding hydrogens is 336 g/mol. The molecule has 1 aromatic heterocycles. The van der Waals surface area contributed by atoms with Crippen LogP contribution in [0.15, 0.2) is 4.47 Å². The Morgan fingerprint density at radius 1 is 1.14 bits per heavy atom. The van der Waals surface area contributed by atoms with Gasteiger partial charge in [0.15, 0.2) is 0 Å². The Morgan fingerprint density at radius 2 is 1.76 bits per heavy atom. The number of rotatable bonds is 5. The van der Waals surface area contributed by atoms with E-state index in [1.54, 1.807) is 9.80 Å². The van der Waals surface area contributed by atoms with Crippen molar-refractivity contribution in [3.05, 3.63) is 15.9 Å². The third-order valence-corrected chi connectivity index (χ3v) is 4.72. The van der Waals surface area contributed by atoms with Gasteiger partial charge in [-0.05, 0) is 36.2 Å². The minimum atomic E-state index is -0.414. The monoisotopic (exact) mass is 356 g/mol. The van der Waals surface area contributed by atoms with Gasteiger partial charge in [0.1, 0.15) is 0 Å². The van der Waals surface area contributed by atoms with Gasteiger partial charge in [0.25, 0.3) is 0 Å². The summed E-state index contributed by atoms with van der Waals surface area (Å²) in [5.41, 5.74) is 1.84. The van der Waals surface area contributed by atoms with Crippen molar-refractivity contribution in [3.63, 3.8) is 0 Å². The van der Waals surface area contributed by atoms with E-state index >= 15 is 0 Å². The molecule has 116 valence electrons. The van der Waals surface area contributed by atoms with E-state index in [0.717, 1.165) is 28.8 Å². The van der Waals surface area contributed by atoms with E-state index in [0.29, 0.717) is 26.2 Å². The summed E-state index contributed by atoms with van der Waals surface area (Å²) in [4.78, 5) is 27.5. The van der Waals surface area contributed by atoms with Gasteiger partial charge in [0.2, 0.25) is 0 Å². The lowest BCUT2D eigenvalue weighted by Crippen LogP contribution is -2.54. The number of amides is 2. The van der Waals surface area contributed by atoms with Crippen molar-refractivity contribution in [1.29, 1.82) is 0 Å². The van der Waals surface area contributed by atoms with E-state index < -0.39 is 11.8 Å². The number of aromatic nitrogens is 2. The summed E-state index contributed by atoms with van der Waals surface area (Å²) in [6, 6.07) is 0. The van der Waals surface area contributed by atoms with Gasteiger partial charge in [-0.25, -0.2) is 0 Å². The van der Waals surface area contributed by atoms with E-state index in [4.69, 9.17) is 0 Å². The van der Waals surface area contributed by atoms with Crippen LogP contribution in [0.25, 0.3) is 0 Å². The molecule has 0 aliphatic carbocycles. The molecule has 1 aliphatic heterocycles. The quantitative estimate of drug-likeness (QED) is 0.752. The van der Waals surface area contributed by atoms with Gasteiger partial charge in [0, 0.05) is 26.2 Å². The largest absolute Gasteiger partial charge is 0.333 e. The van der Waals surface area contributed by atoms with E-state index in [-0.39, 0.29) is 0 Å². The summed E-state index contributed by atoms with van der Waals surface area (Å²) in [5.74, 6) is -0.804. The lowest BCUT2D eigenvalue weighted by Gasteiger charge is -2.33. The van der Waals surface area contributed by atoms with Crippen LogP contribution in [0.2, 0.25) is 0 Å². The fourth-order valence-electron chi connectivity index (χ4n) is 2.55. The van der Waals surface area contributed by atoms with Crippen LogP contribution in [0.5, 0.6) is 0 Å². The zero-order chi connectivity index (χ0) is 15.6. The zero-order valence-electron chi connectivity index (χ0n) is 12.7. The van der Waals surface area contributed by atoms with Crippen molar-refractivity contribution in [3.8, 4) is 0 Å². The first-order chi connectivity index (χ1) is 9.99. The van der Waals surface area contributed by atoms with Gasteiger partial charge < -0.3 is 9.80 Å². The van der Waals surface area contributed by atoms with E-state index in [9.17, 15) is 9.59 Å². The van der Waals surface area contributed by atoms with Crippen LogP contribution < -0.4 is 0 Å². The Hall–Kier alpha value is -1.37. The topological polar surface area (TPSA) is 58.4 Å². The molecule has 0 spiro atoms. The lowest BCUT2D eigenvalue weighted by atomic mass is 10.2. The SMILES string of the molecule is CCCN1CCN(Cc2c(Br)c(C)nn2CC)C(=O)C1=O. The first kappa shape index (κ1) is 16.0. The Bertz CT molecular complexity index is 555. The second kappa shape index (κ2) is 6.60. The average Bonchev–Trinajstić information content (AvgIpc) is 2.74. The fourth-order valence-corrected chi connectivity index (χ4v) is 2.96. The molecule has 1 fully saturated rings. The maximum Gasteiger partial charge on any atom is 0.312 e. The molecule has 0 aromatic carbocycles. The summed E-state index contributed by atoms with van der Waals surface area (Å²) >= 11 is 3.52. The smallest absolute Gasteiger partial charge is 0.312 e. The van der Waals surface area contributed by atoms with Gasteiger partial charge in [0.05, 0.1) is 22.4 Å². The predicted molar refractivity (Wildman–Crippen MR) is 82.6 cm³/mol. The molecule has 7 heteroatoms. The van der Waals surface area contributed by atoms with E-state index in [1.165, 1.54) is 0 Å². The average molecular weight is 357 g/mol. The van der Waals surface area contributed by atoms with Crippen molar-refractivity contribution in [2.45, 2.75) is 40.3 Å². The maximum atomic E-state index is 12.2. The molecule has 0 N–H and O–H groups in total. The summed E-state index contributed by atoms with van der Waals surface area (Å²) in [5, 5.41) is 4.42. The summed E-state index contributed by atoms with van der Waals surface area (Å²) in [6.45, 7) is 8.91. The van der Waals surface area contributed by atoms with Gasteiger partial charge in [-0.15, -0.1) is 0 Å². The Morgan fingerprint density at radius 3 is 2.38 bits per heavy atom. The fraction of sp³-hybridized carbons (Fsp3) is 0.643. The number of carbonyl (C=O) groups excluding carboxylic acids is 2. The maximum absolute atomic E-state index is 12.2. The van der Waals surface area contributed by atoms with Crippen molar-refractivity contribution in [2.24, 2.45) is 0 Å². The first-order valence-corrected chi connectivity index (χ1v) is 8.08. The number of piperazine rings is 1. The number of carbonyl (C=O) groups is 2. The molecule has 6 nitrogen and oxygen atoms in total. The Labute approximate surface area is 133 Å². The summed E-state index contributed by atoms with van der Waals surface area (Å²) in [6.07, 6.45) is 0.867. The highest BCUT2D eigenvalue weighted by Crippen LogP contribution is 2.23. The minimum Gasteiger partial charge on any atom is -0.333 e. The normalized spacial score (nSPS) is 16.0. The first-order valence-electron chi connectivity index (χ1n) is 7.29. The number of nitrogens with zero attached hydrogens (tertiary/aromatic N) is 4. The van der Waals surface area contributed by atoms with Crippen LogP contribution in [0.1, 0.15) is 31.7 Å². The molecule has 1 saturated heterocycles. The standard InChI is InChI=1S/C14H21BrN4O2/c1-4-6-17-7-8-18(14(21)13(17)20)9-11-12(15)10(3)16-19(11)5-2/h4-9H2,1-3H3. The zero-order valence-corrected chi connectivity index (χ0v) is 14.3. The number of aryl methyl sites for hydroxylation is 2. The Kier molecular flexibility index (Phi) is 5.03. The number of hydrogen-bond donors (Lipinski definition) is 0. The molecule has 0 bridgehead atoms. The van der Waals surface area contributed by atoms with Gasteiger partial charge >= 0.3 is 11.8 Å². The highest BCUT2D eigenvalue weighted by Gasteiger charge is 2.32. The van der Waals surface area contributed by atoms with E-state index in [2.05, 4.69) is 21.0 Å². The second-order valence-corrected chi connectivity index (χ2v) is 5.97. The third kappa shape index (κ3) is 3.12. The van der Waals surface area contributed by atoms with Gasteiger partial charge in [-0.2, -0.15) is 5.10 Å². The highest BCUT2D eigenvalue weighted by molar-refractivity contribution is 9.10. The van der Waals surface area contributed by atoms with Crippen LogP contribution in [0.4, 0.5) is 0 Å². The summed E-state index contributed by atoms with van der Waals surface area (Å²) < 4.78 is 2.79. The van der Waals surface area contributed by atoms with Crippen LogP contribution in [0, 0.1) is 6.92 Å². The molecule has 0 atom stereocenters. The second-order valence-electron chi connectivity index (χ2n) is 5.18. The molecule has 2 rings (SSSR count). The van der Waals surface area contributed by atoms with Crippen LogP contribution in [0.3, 0.4) is 0 Å². The lowest BCUT2D eigenvalue weighted by molar-refractivity contribution is -0.156. The van der Waals surface area contributed by atoms with Crippen molar-refractivity contribution < 1.29 is 9.59 Å². The molecule has 2 heterocycles. The molecule has 0 unspecified atom stereocenters. The van der Waals surface area contributed by atoms with Crippen molar-refractivity contribution in [1.82, 2.24) is 19.6 Å². The van der Waals surface area contributed by atoms with Crippen LogP contribution in [-0.4, -0.2) is 51.0 Å². The van der Waals surface area contributed by atoms with Crippen LogP contribution >= 0.6 is 15.9 Å². The molecule has 2 amide bonds. The minimum absolute atomic E-state index is 0.390. The third-order valence-electron chi connectivity index (χ3n) is 3.68. The van der Waals surface area contributed by atoms with Crippen molar-refractivity contribution >= 4 is 27.7 Å². The van der Waals surface area contributed by atoms with Crippen molar-refractivity contribution in [2.75, 3.05) is 19.6 Å². The summed E-state index contributed by atoms with van der Waals surface area (Å²) in [7, 11) is 0. The van der Waals surface area contributed by atoms with Crippen LogP contribution in [-0.2, 0) is 22.7 Å². The van der Waals surface area contributed by atoms with Gasteiger partial charge in [-0.1, -0.05) is 6.92 Å². The number of halogens is 1. The Balaban J connectivity index is 2.14. The predicted octanol–water partition coefficient (Wildman–Crippen LogP) is 1.55. The molecule has 1 aromatic rings. The van der Waals surface area contributed by atoms with Gasteiger partial charge in [-0.3, -0.25) is 14.3 Å². The molecule has 0 saturated carbocycles. The highest BCUT2D eigenvalue weighted by atomic mass is 79.9. The number of hydrogen-bond acceptors (Lipinski definition) is 3.